The lowest BCUT2D eigenvalue weighted by atomic mass is 10.0. The van der Waals surface area contributed by atoms with Gasteiger partial charge in [0.25, 0.3) is 0 Å². The molecule has 0 aliphatic carbocycles. The van der Waals surface area contributed by atoms with Crippen molar-refractivity contribution < 1.29 is 4.57 Å². The number of rotatable bonds is 23. The average Bonchev–Trinajstić information content (AvgIpc) is 2.68. The quantitative estimate of drug-likeness (QED) is 0.123. The molecule has 0 heterocycles. The lowest BCUT2D eigenvalue weighted by Crippen LogP contribution is -1.90. The predicted molar refractivity (Wildman–Crippen MR) is 124 cm³/mol. The molecule has 0 amide bonds. The van der Waals surface area contributed by atoms with Crippen LogP contribution in [0.3, 0.4) is 0 Å². The molecular weight excluding hydrogens is 347 g/mol. The van der Waals surface area contributed by atoms with E-state index in [2.05, 4.69) is 13.8 Å². The standard InChI is InChI=1S/C25H51OP/c1-3-4-5-6-7-8-9-10-11-12-13-14-15-16-17-18-19-20-21-22-23-24-25(2)27-26/h25H,3-24H2,1-2H3. The molecule has 0 aromatic rings. The van der Waals surface area contributed by atoms with Crippen LogP contribution < -0.4 is 0 Å². The fourth-order valence-corrected chi connectivity index (χ4v) is 4.21. The topological polar surface area (TPSA) is 17.1 Å². The third-order valence-electron chi connectivity index (χ3n) is 5.91. The molecule has 27 heavy (non-hydrogen) atoms. The van der Waals surface area contributed by atoms with Gasteiger partial charge in [-0.3, -0.25) is 4.57 Å². The van der Waals surface area contributed by atoms with Crippen molar-refractivity contribution in [2.24, 2.45) is 0 Å². The molecule has 1 unspecified atom stereocenters. The van der Waals surface area contributed by atoms with Crippen molar-refractivity contribution in [1.82, 2.24) is 0 Å². The van der Waals surface area contributed by atoms with E-state index in [0.29, 0.717) is 14.1 Å². The fourth-order valence-electron chi connectivity index (χ4n) is 3.92. The highest BCUT2D eigenvalue weighted by Gasteiger charge is 2.00. The van der Waals surface area contributed by atoms with Crippen molar-refractivity contribution in [3.63, 3.8) is 0 Å². The molecular formula is C25H51OP. The van der Waals surface area contributed by atoms with E-state index < -0.39 is 0 Å². The molecule has 1 atom stereocenters. The summed E-state index contributed by atoms with van der Waals surface area (Å²) in [5, 5.41) is 0. The maximum atomic E-state index is 10.6. The van der Waals surface area contributed by atoms with Crippen molar-refractivity contribution in [1.29, 1.82) is 0 Å². The summed E-state index contributed by atoms with van der Waals surface area (Å²) >= 11 is 0. The number of hydrogen-bond donors (Lipinski definition) is 0. The zero-order valence-electron chi connectivity index (χ0n) is 19.0. The van der Waals surface area contributed by atoms with Crippen molar-refractivity contribution in [3.05, 3.63) is 0 Å². The molecule has 0 aromatic heterocycles. The summed E-state index contributed by atoms with van der Waals surface area (Å²) in [6.45, 7) is 4.37. The highest BCUT2D eigenvalue weighted by molar-refractivity contribution is 7.24. The Morgan fingerprint density at radius 1 is 0.481 bits per heavy atom. The summed E-state index contributed by atoms with van der Waals surface area (Å²) in [5.74, 6) is 0. The molecule has 162 valence electrons. The van der Waals surface area contributed by atoms with Gasteiger partial charge in [0.15, 0.2) is 8.46 Å². The third kappa shape index (κ3) is 24.1. The van der Waals surface area contributed by atoms with Crippen LogP contribution in [0, 0.1) is 0 Å². The minimum atomic E-state index is 0.329. The van der Waals surface area contributed by atoms with Crippen LogP contribution in [0.5, 0.6) is 0 Å². The van der Waals surface area contributed by atoms with Crippen LogP contribution in [0.4, 0.5) is 0 Å². The largest absolute Gasteiger partial charge is 0.275 e. The van der Waals surface area contributed by atoms with Gasteiger partial charge in [-0.15, -0.1) is 0 Å². The second-order valence-corrected chi connectivity index (χ2v) is 9.91. The first kappa shape index (κ1) is 27.1. The third-order valence-corrected chi connectivity index (χ3v) is 6.52. The van der Waals surface area contributed by atoms with Crippen molar-refractivity contribution >= 4 is 8.46 Å². The van der Waals surface area contributed by atoms with Gasteiger partial charge in [-0.25, -0.2) is 0 Å². The van der Waals surface area contributed by atoms with Gasteiger partial charge in [-0.05, 0) is 6.42 Å². The van der Waals surface area contributed by atoms with E-state index in [-0.39, 0.29) is 0 Å². The van der Waals surface area contributed by atoms with Gasteiger partial charge in [-0.2, -0.15) is 0 Å². The van der Waals surface area contributed by atoms with E-state index in [0.717, 1.165) is 6.42 Å². The molecule has 0 saturated carbocycles. The molecule has 0 spiro atoms. The molecule has 0 saturated heterocycles. The Morgan fingerprint density at radius 2 is 0.741 bits per heavy atom. The summed E-state index contributed by atoms with van der Waals surface area (Å²) in [6.07, 6.45) is 31.2. The van der Waals surface area contributed by atoms with E-state index in [1.165, 1.54) is 135 Å². The lowest BCUT2D eigenvalue weighted by molar-refractivity contribution is 0.518. The SMILES string of the molecule is CCCCCCCCCCCCCCCCCCCCCCCC(C)P=O. The second-order valence-electron chi connectivity index (χ2n) is 8.81. The Balaban J connectivity index is 3.00. The second kappa shape index (κ2) is 24.1. The van der Waals surface area contributed by atoms with Crippen LogP contribution in [0.25, 0.3) is 0 Å². The fraction of sp³-hybridized carbons (Fsp3) is 1.00. The van der Waals surface area contributed by atoms with Gasteiger partial charge in [0.05, 0.1) is 0 Å². The minimum absolute atomic E-state index is 0.329. The summed E-state index contributed by atoms with van der Waals surface area (Å²) in [4.78, 5) is 0. The van der Waals surface area contributed by atoms with E-state index in [1.807, 2.05) is 0 Å². The molecule has 0 fully saturated rings. The Labute approximate surface area is 174 Å². The Bertz CT molecular complexity index is 279. The summed E-state index contributed by atoms with van der Waals surface area (Å²) in [6, 6.07) is 0. The van der Waals surface area contributed by atoms with E-state index in [4.69, 9.17) is 0 Å². The first-order valence-electron chi connectivity index (χ1n) is 12.6. The summed E-state index contributed by atoms with van der Waals surface area (Å²) in [5.41, 5.74) is 0.366. The molecule has 0 bridgehead atoms. The predicted octanol–water partition coefficient (Wildman–Crippen LogP) is 10.3. The molecule has 1 nitrogen and oxygen atoms in total. The molecule has 0 aliphatic rings. The Kier molecular flexibility index (Phi) is 24.2. The summed E-state index contributed by atoms with van der Waals surface area (Å²) in [7, 11) is 0.329. The van der Waals surface area contributed by atoms with Gasteiger partial charge < -0.3 is 0 Å². The Morgan fingerprint density at radius 3 is 1.00 bits per heavy atom. The van der Waals surface area contributed by atoms with Crippen LogP contribution in [0.15, 0.2) is 0 Å². The highest BCUT2D eigenvalue weighted by Crippen LogP contribution is 2.17. The monoisotopic (exact) mass is 398 g/mol. The molecule has 0 N–H and O–H groups in total. The molecule has 0 rings (SSSR count). The molecule has 2 heteroatoms. The van der Waals surface area contributed by atoms with Crippen molar-refractivity contribution in [2.75, 3.05) is 0 Å². The first-order valence-corrected chi connectivity index (χ1v) is 13.5. The Hall–Kier alpha value is 0.100. The van der Waals surface area contributed by atoms with Gasteiger partial charge in [0, 0.05) is 5.66 Å². The molecule has 0 radical (unpaired) electrons. The van der Waals surface area contributed by atoms with Gasteiger partial charge in [0.1, 0.15) is 0 Å². The van der Waals surface area contributed by atoms with Crippen molar-refractivity contribution in [2.45, 2.75) is 161 Å². The van der Waals surface area contributed by atoms with Crippen LogP contribution in [0.2, 0.25) is 0 Å². The highest BCUT2D eigenvalue weighted by atomic mass is 31.1. The van der Waals surface area contributed by atoms with Gasteiger partial charge >= 0.3 is 0 Å². The van der Waals surface area contributed by atoms with Crippen molar-refractivity contribution in [3.8, 4) is 0 Å². The first-order chi connectivity index (χ1) is 13.3. The van der Waals surface area contributed by atoms with E-state index in [1.54, 1.807) is 0 Å². The minimum Gasteiger partial charge on any atom is -0.275 e. The molecule has 0 aliphatic heterocycles. The number of hydrogen-bond acceptors (Lipinski definition) is 1. The van der Waals surface area contributed by atoms with Crippen LogP contribution in [0.1, 0.15) is 155 Å². The van der Waals surface area contributed by atoms with E-state index >= 15 is 0 Å². The zero-order valence-corrected chi connectivity index (χ0v) is 19.9. The van der Waals surface area contributed by atoms with Crippen LogP contribution in [-0.2, 0) is 4.57 Å². The van der Waals surface area contributed by atoms with Gasteiger partial charge in [0.2, 0.25) is 0 Å². The smallest absolute Gasteiger partial charge is 0.158 e. The maximum absolute atomic E-state index is 10.6. The zero-order chi connectivity index (χ0) is 19.8. The summed E-state index contributed by atoms with van der Waals surface area (Å²) < 4.78 is 10.6. The number of unbranched alkanes of at least 4 members (excludes halogenated alkanes) is 20. The molecule has 0 aromatic carbocycles. The van der Waals surface area contributed by atoms with Crippen LogP contribution in [-0.4, -0.2) is 5.66 Å². The average molecular weight is 399 g/mol. The van der Waals surface area contributed by atoms with Gasteiger partial charge in [-0.1, -0.05) is 149 Å². The maximum Gasteiger partial charge on any atom is 0.158 e. The normalized spacial score (nSPS) is 12.7. The lowest BCUT2D eigenvalue weighted by Gasteiger charge is -2.04. The van der Waals surface area contributed by atoms with Crippen LogP contribution >= 0.6 is 8.46 Å². The van der Waals surface area contributed by atoms with E-state index in [9.17, 15) is 4.57 Å².